The molecular weight excluding hydrogens is 294 g/mol. The Morgan fingerprint density at radius 3 is 2.83 bits per heavy atom. The molecule has 6 heteroatoms. The van der Waals surface area contributed by atoms with Gasteiger partial charge in [-0.1, -0.05) is 13.8 Å². The predicted octanol–water partition coefficient (Wildman–Crippen LogP) is 2.32. The van der Waals surface area contributed by atoms with Crippen molar-refractivity contribution in [2.75, 3.05) is 6.54 Å². The lowest BCUT2D eigenvalue weighted by Gasteiger charge is -2.21. The molecule has 2 aromatic heterocycles. The maximum Gasteiger partial charge on any atom is 0.221 e. The Morgan fingerprint density at radius 1 is 1.48 bits per heavy atom. The van der Waals surface area contributed by atoms with Crippen molar-refractivity contribution >= 4 is 5.91 Å². The fourth-order valence-corrected chi connectivity index (χ4v) is 2.40. The number of aliphatic hydroxyl groups is 1. The Bertz CT molecular complexity index is 656. The standard InChI is InChI=1S/C17H25N3O3/c1-12(2)16-18-8-10-20(16)9-7-15(21)19-11-17(4,22)14-6-5-13(3)23-14/h5-6,8,10,12,22H,7,9,11H2,1-4H3,(H,19,21)/t17-/m0/s1. The zero-order valence-electron chi connectivity index (χ0n) is 14.2. The molecule has 23 heavy (non-hydrogen) atoms. The highest BCUT2D eigenvalue weighted by Gasteiger charge is 2.27. The number of nitrogens with one attached hydrogen (secondary N) is 1. The van der Waals surface area contributed by atoms with Crippen LogP contribution in [0.25, 0.3) is 0 Å². The van der Waals surface area contributed by atoms with Gasteiger partial charge in [0.25, 0.3) is 0 Å². The van der Waals surface area contributed by atoms with Gasteiger partial charge in [0.1, 0.15) is 22.9 Å². The third-order valence-electron chi connectivity index (χ3n) is 3.74. The third-order valence-corrected chi connectivity index (χ3v) is 3.74. The Kier molecular flexibility index (Phi) is 5.26. The molecule has 0 aromatic carbocycles. The lowest BCUT2D eigenvalue weighted by molar-refractivity contribution is -0.122. The summed E-state index contributed by atoms with van der Waals surface area (Å²) in [5, 5.41) is 13.2. The van der Waals surface area contributed by atoms with Crippen LogP contribution in [0.2, 0.25) is 0 Å². The van der Waals surface area contributed by atoms with E-state index in [9.17, 15) is 9.90 Å². The van der Waals surface area contributed by atoms with Crippen LogP contribution < -0.4 is 5.32 Å². The van der Waals surface area contributed by atoms with Crippen LogP contribution in [-0.2, 0) is 16.9 Å². The number of nitrogens with zero attached hydrogens (tertiary/aromatic N) is 2. The highest BCUT2D eigenvalue weighted by atomic mass is 16.4. The van der Waals surface area contributed by atoms with Gasteiger partial charge in [-0.05, 0) is 26.0 Å². The summed E-state index contributed by atoms with van der Waals surface area (Å²) in [6.07, 6.45) is 3.96. The van der Waals surface area contributed by atoms with Crippen LogP contribution in [-0.4, -0.2) is 27.1 Å². The van der Waals surface area contributed by atoms with Gasteiger partial charge in [-0.3, -0.25) is 4.79 Å². The Hall–Kier alpha value is -2.08. The van der Waals surface area contributed by atoms with Crippen molar-refractivity contribution in [3.63, 3.8) is 0 Å². The monoisotopic (exact) mass is 319 g/mol. The maximum absolute atomic E-state index is 12.0. The summed E-state index contributed by atoms with van der Waals surface area (Å²) in [4.78, 5) is 16.3. The number of hydrogen-bond donors (Lipinski definition) is 2. The van der Waals surface area contributed by atoms with E-state index in [2.05, 4.69) is 24.1 Å². The number of furan rings is 1. The largest absolute Gasteiger partial charge is 0.463 e. The normalized spacial score (nSPS) is 14.0. The van der Waals surface area contributed by atoms with E-state index in [1.807, 2.05) is 17.7 Å². The Morgan fingerprint density at radius 2 is 2.22 bits per heavy atom. The summed E-state index contributed by atoms with van der Waals surface area (Å²) in [5.74, 6) is 2.35. The van der Waals surface area contributed by atoms with Crippen molar-refractivity contribution in [3.05, 3.63) is 41.9 Å². The minimum atomic E-state index is -1.22. The van der Waals surface area contributed by atoms with Gasteiger partial charge in [0.05, 0.1) is 6.54 Å². The van der Waals surface area contributed by atoms with Crippen LogP contribution in [0, 0.1) is 6.92 Å². The first-order valence-corrected chi connectivity index (χ1v) is 7.86. The van der Waals surface area contributed by atoms with Crippen molar-refractivity contribution in [3.8, 4) is 0 Å². The smallest absolute Gasteiger partial charge is 0.221 e. The van der Waals surface area contributed by atoms with Crippen LogP contribution in [0.1, 0.15) is 50.5 Å². The van der Waals surface area contributed by atoms with Crippen molar-refractivity contribution in [2.45, 2.75) is 52.2 Å². The topological polar surface area (TPSA) is 80.3 Å². The lowest BCUT2D eigenvalue weighted by Crippen LogP contribution is -2.38. The molecule has 0 fully saturated rings. The zero-order valence-corrected chi connectivity index (χ0v) is 14.2. The molecule has 2 aromatic rings. The van der Waals surface area contributed by atoms with Crippen LogP contribution >= 0.6 is 0 Å². The number of aryl methyl sites for hydroxylation is 2. The van der Waals surface area contributed by atoms with Crippen molar-refractivity contribution in [1.29, 1.82) is 0 Å². The first-order valence-electron chi connectivity index (χ1n) is 7.86. The lowest BCUT2D eigenvalue weighted by atomic mass is 10.0. The van der Waals surface area contributed by atoms with Crippen molar-refractivity contribution in [2.24, 2.45) is 0 Å². The number of amides is 1. The van der Waals surface area contributed by atoms with Gasteiger partial charge in [-0.15, -0.1) is 0 Å². The van der Waals surface area contributed by atoms with Crippen molar-refractivity contribution < 1.29 is 14.3 Å². The van der Waals surface area contributed by atoms with E-state index in [0.717, 1.165) is 11.6 Å². The molecule has 6 nitrogen and oxygen atoms in total. The van der Waals surface area contributed by atoms with Gasteiger partial charge in [0.2, 0.25) is 5.91 Å². The molecule has 0 unspecified atom stereocenters. The van der Waals surface area contributed by atoms with Crippen LogP contribution in [0.3, 0.4) is 0 Å². The predicted molar refractivity (Wildman–Crippen MR) is 87.0 cm³/mol. The van der Waals surface area contributed by atoms with E-state index >= 15 is 0 Å². The molecule has 0 aliphatic heterocycles. The van der Waals surface area contributed by atoms with Gasteiger partial charge in [0, 0.05) is 31.3 Å². The summed E-state index contributed by atoms with van der Waals surface area (Å²) in [6.45, 7) is 8.26. The molecule has 0 radical (unpaired) electrons. The molecule has 2 heterocycles. The second kappa shape index (κ2) is 7.00. The van der Waals surface area contributed by atoms with Crippen LogP contribution in [0.4, 0.5) is 0 Å². The highest BCUT2D eigenvalue weighted by molar-refractivity contribution is 5.75. The number of carbonyl (C=O) groups excluding carboxylic acids is 1. The molecule has 0 aliphatic rings. The number of aromatic nitrogens is 2. The molecule has 0 saturated carbocycles. The number of carbonyl (C=O) groups is 1. The first-order chi connectivity index (χ1) is 10.8. The van der Waals surface area contributed by atoms with E-state index in [1.165, 1.54) is 0 Å². The van der Waals surface area contributed by atoms with E-state index in [0.29, 0.717) is 24.6 Å². The molecule has 2 N–H and O–H groups in total. The van der Waals surface area contributed by atoms with Crippen molar-refractivity contribution in [1.82, 2.24) is 14.9 Å². The number of imidazole rings is 1. The van der Waals surface area contributed by atoms with E-state index in [1.54, 1.807) is 25.3 Å². The minimum absolute atomic E-state index is 0.111. The summed E-state index contributed by atoms with van der Waals surface area (Å²) in [6, 6.07) is 3.51. The fourth-order valence-electron chi connectivity index (χ4n) is 2.40. The van der Waals surface area contributed by atoms with Gasteiger partial charge < -0.3 is 19.4 Å². The maximum atomic E-state index is 12.0. The van der Waals surface area contributed by atoms with Gasteiger partial charge in [0.15, 0.2) is 0 Å². The molecule has 126 valence electrons. The van der Waals surface area contributed by atoms with E-state index in [-0.39, 0.29) is 12.5 Å². The molecule has 1 atom stereocenters. The summed E-state index contributed by atoms with van der Waals surface area (Å²) in [7, 11) is 0. The third kappa shape index (κ3) is 4.45. The summed E-state index contributed by atoms with van der Waals surface area (Å²) in [5.41, 5.74) is -1.22. The van der Waals surface area contributed by atoms with E-state index in [4.69, 9.17) is 4.42 Å². The summed E-state index contributed by atoms with van der Waals surface area (Å²) >= 11 is 0. The SMILES string of the molecule is Cc1ccc([C@@](C)(O)CNC(=O)CCn2ccnc2C(C)C)o1. The van der Waals surface area contributed by atoms with Gasteiger partial charge in [-0.2, -0.15) is 0 Å². The number of rotatable bonds is 7. The highest BCUT2D eigenvalue weighted by Crippen LogP contribution is 2.22. The van der Waals surface area contributed by atoms with Crippen LogP contribution in [0.5, 0.6) is 0 Å². The minimum Gasteiger partial charge on any atom is -0.463 e. The van der Waals surface area contributed by atoms with Gasteiger partial charge >= 0.3 is 0 Å². The van der Waals surface area contributed by atoms with Gasteiger partial charge in [-0.25, -0.2) is 4.98 Å². The zero-order chi connectivity index (χ0) is 17.0. The average molecular weight is 319 g/mol. The summed E-state index contributed by atoms with van der Waals surface area (Å²) < 4.78 is 7.41. The molecule has 0 aliphatic carbocycles. The molecule has 0 spiro atoms. The first kappa shape index (κ1) is 17.3. The quantitative estimate of drug-likeness (QED) is 0.821. The Labute approximate surface area is 136 Å². The average Bonchev–Trinajstić information content (AvgIpc) is 3.11. The molecule has 1 amide bonds. The van der Waals surface area contributed by atoms with Crippen LogP contribution in [0.15, 0.2) is 28.9 Å². The number of hydrogen-bond acceptors (Lipinski definition) is 4. The molecule has 2 rings (SSSR count). The Balaban J connectivity index is 1.84. The van der Waals surface area contributed by atoms with E-state index < -0.39 is 5.60 Å². The molecule has 0 bridgehead atoms. The molecular formula is C17H25N3O3. The second-order valence-electron chi connectivity index (χ2n) is 6.34. The fraction of sp³-hybridized carbons (Fsp3) is 0.529. The second-order valence-corrected chi connectivity index (χ2v) is 6.34. The molecule has 0 saturated heterocycles.